The Kier molecular flexibility index (Phi) is 5.17. The molecule has 122 valence electrons. The molecule has 0 bridgehead atoms. The number of para-hydroxylation sites is 2. The van der Waals surface area contributed by atoms with Gasteiger partial charge in [-0.15, -0.1) is 0 Å². The van der Waals surface area contributed by atoms with E-state index in [2.05, 4.69) is 26.5 Å². The first-order valence-corrected chi connectivity index (χ1v) is 8.74. The standard InChI is InChI=1S/C16H12BrN3O3S/c17-12-8-4-5-9-13(12)18-14(21)10-24-15-16(22)23-19-20(15)11-6-2-1-3-7-11/h1-9H,10H2,(H-,18,19,21,22). The first kappa shape index (κ1) is 16.5. The number of carbonyl (C=O) groups excluding carboxylic acids is 1. The number of benzene rings is 2. The molecule has 0 aliphatic carbocycles. The maximum absolute atomic E-state index is 12.1. The predicted molar refractivity (Wildman–Crippen MR) is 91.0 cm³/mol. The average Bonchev–Trinajstić information content (AvgIpc) is 2.97. The third-order valence-corrected chi connectivity index (χ3v) is 4.77. The van der Waals surface area contributed by atoms with Gasteiger partial charge in [0.2, 0.25) is 11.6 Å². The molecule has 3 rings (SSSR count). The third kappa shape index (κ3) is 3.77. The molecule has 0 saturated heterocycles. The number of hydrogen-bond donors (Lipinski definition) is 1. The summed E-state index contributed by atoms with van der Waals surface area (Å²) in [5, 5.41) is 18.6. The summed E-state index contributed by atoms with van der Waals surface area (Å²) < 4.78 is 6.89. The van der Waals surface area contributed by atoms with E-state index < -0.39 is 5.95 Å². The van der Waals surface area contributed by atoms with Crippen molar-refractivity contribution in [2.24, 2.45) is 0 Å². The Balaban J connectivity index is 1.70. The maximum Gasteiger partial charge on any atom is 0.298 e. The van der Waals surface area contributed by atoms with Gasteiger partial charge in [0.15, 0.2) is 5.95 Å². The summed E-state index contributed by atoms with van der Waals surface area (Å²) in [6.07, 6.45) is 0. The van der Waals surface area contributed by atoms with Crippen LogP contribution in [-0.4, -0.2) is 16.9 Å². The molecule has 1 heterocycles. The molecule has 6 nitrogen and oxygen atoms in total. The van der Waals surface area contributed by atoms with E-state index >= 15 is 0 Å². The van der Waals surface area contributed by atoms with Crippen LogP contribution in [0.3, 0.4) is 0 Å². The molecule has 0 fully saturated rings. The Morgan fingerprint density at radius 2 is 1.92 bits per heavy atom. The molecule has 0 atom stereocenters. The molecule has 0 unspecified atom stereocenters. The van der Waals surface area contributed by atoms with Gasteiger partial charge in [-0.2, -0.15) is 0 Å². The van der Waals surface area contributed by atoms with Gasteiger partial charge in [-0.1, -0.05) is 30.3 Å². The monoisotopic (exact) mass is 405 g/mol. The van der Waals surface area contributed by atoms with E-state index in [-0.39, 0.29) is 16.7 Å². The van der Waals surface area contributed by atoms with Crippen LogP contribution >= 0.6 is 27.7 Å². The Morgan fingerprint density at radius 3 is 2.67 bits per heavy atom. The predicted octanol–water partition coefficient (Wildman–Crippen LogP) is 2.52. The number of nitrogens with one attached hydrogen (secondary N) is 1. The van der Waals surface area contributed by atoms with Crippen LogP contribution in [-0.2, 0) is 4.79 Å². The second-order valence-electron chi connectivity index (χ2n) is 4.73. The number of aromatic nitrogens is 2. The number of amides is 1. The average molecular weight is 406 g/mol. The molecule has 0 saturated carbocycles. The number of halogens is 1. The zero-order chi connectivity index (χ0) is 16.9. The fourth-order valence-corrected chi connectivity index (χ4v) is 3.12. The van der Waals surface area contributed by atoms with E-state index in [0.29, 0.717) is 11.4 Å². The van der Waals surface area contributed by atoms with Gasteiger partial charge in [0.05, 0.1) is 16.7 Å². The molecule has 0 spiro atoms. The SMILES string of the molecule is O=C(CSc1c([O-])on[n+]1-c1ccccc1)Nc1ccccc1Br. The lowest BCUT2D eigenvalue weighted by Crippen LogP contribution is -2.35. The van der Waals surface area contributed by atoms with Crippen LogP contribution in [0.25, 0.3) is 5.69 Å². The summed E-state index contributed by atoms with van der Waals surface area (Å²) in [5.74, 6) is -0.741. The van der Waals surface area contributed by atoms with Crippen molar-refractivity contribution in [1.82, 2.24) is 5.27 Å². The van der Waals surface area contributed by atoms with Gasteiger partial charge in [-0.3, -0.25) is 4.79 Å². The third-order valence-electron chi connectivity index (χ3n) is 3.06. The Morgan fingerprint density at radius 1 is 1.21 bits per heavy atom. The van der Waals surface area contributed by atoms with Crippen molar-refractivity contribution in [2.45, 2.75) is 5.03 Å². The fraction of sp³-hybridized carbons (Fsp3) is 0.0625. The molecule has 0 aliphatic rings. The van der Waals surface area contributed by atoms with Gasteiger partial charge in [0.1, 0.15) is 0 Å². The lowest BCUT2D eigenvalue weighted by Gasteiger charge is -2.06. The number of hydrogen-bond acceptors (Lipinski definition) is 5. The topological polar surface area (TPSA) is 82.1 Å². The molecule has 2 aromatic carbocycles. The summed E-state index contributed by atoms with van der Waals surface area (Å²) in [6.45, 7) is 0. The smallest absolute Gasteiger partial charge is 0.298 e. The van der Waals surface area contributed by atoms with Crippen molar-refractivity contribution in [3.63, 3.8) is 0 Å². The van der Waals surface area contributed by atoms with Crippen LogP contribution in [0.2, 0.25) is 0 Å². The minimum Gasteiger partial charge on any atom is -0.538 e. The van der Waals surface area contributed by atoms with Crippen molar-refractivity contribution in [1.29, 1.82) is 0 Å². The highest BCUT2D eigenvalue weighted by Crippen LogP contribution is 2.25. The number of thioether (sulfide) groups is 1. The van der Waals surface area contributed by atoms with E-state index in [1.54, 1.807) is 18.2 Å². The molecular formula is C16H12BrN3O3S. The minimum atomic E-state index is -0.572. The number of nitrogens with zero attached hydrogens (tertiary/aromatic N) is 2. The van der Waals surface area contributed by atoms with E-state index in [1.165, 1.54) is 4.68 Å². The molecule has 0 radical (unpaired) electrons. The number of anilines is 1. The van der Waals surface area contributed by atoms with Gasteiger partial charge >= 0.3 is 0 Å². The molecule has 1 aromatic heterocycles. The van der Waals surface area contributed by atoms with Gasteiger partial charge in [-0.25, -0.2) is 0 Å². The van der Waals surface area contributed by atoms with Crippen LogP contribution < -0.4 is 15.1 Å². The second-order valence-corrected chi connectivity index (χ2v) is 6.55. The summed E-state index contributed by atoms with van der Waals surface area (Å²) in [4.78, 5) is 12.1. The van der Waals surface area contributed by atoms with Gasteiger partial charge in [-0.05, 0) is 44.5 Å². The van der Waals surface area contributed by atoms with Gasteiger partial charge in [0.25, 0.3) is 5.03 Å². The van der Waals surface area contributed by atoms with Crippen LogP contribution in [0.4, 0.5) is 5.69 Å². The van der Waals surface area contributed by atoms with Crippen LogP contribution in [0.15, 0.2) is 68.6 Å². The quantitative estimate of drug-likeness (QED) is 0.520. The summed E-state index contributed by atoms with van der Waals surface area (Å²) in [6, 6.07) is 16.4. The zero-order valence-corrected chi connectivity index (χ0v) is 14.7. The summed E-state index contributed by atoms with van der Waals surface area (Å²) in [5.41, 5.74) is 1.36. The molecule has 3 aromatic rings. The molecule has 1 amide bonds. The highest BCUT2D eigenvalue weighted by Gasteiger charge is 2.22. The van der Waals surface area contributed by atoms with Crippen molar-refractivity contribution < 1.29 is 19.1 Å². The Hall–Kier alpha value is -2.32. The van der Waals surface area contributed by atoms with Gasteiger partial charge in [0, 0.05) is 16.6 Å². The van der Waals surface area contributed by atoms with Crippen molar-refractivity contribution >= 4 is 39.3 Å². The van der Waals surface area contributed by atoms with E-state index in [1.807, 2.05) is 36.4 Å². The Labute approximate surface area is 150 Å². The van der Waals surface area contributed by atoms with Crippen molar-refractivity contribution in [3.05, 3.63) is 59.1 Å². The first-order valence-electron chi connectivity index (χ1n) is 6.97. The zero-order valence-electron chi connectivity index (χ0n) is 12.3. The summed E-state index contributed by atoms with van der Waals surface area (Å²) >= 11 is 4.44. The normalized spacial score (nSPS) is 10.5. The maximum atomic E-state index is 12.1. The van der Waals surface area contributed by atoms with E-state index in [0.717, 1.165) is 16.2 Å². The summed E-state index contributed by atoms with van der Waals surface area (Å²) in [7, 11) is 0. The molecule has 8 heteroatoms. The highest BCUT2D eigenvalue weighted by atomic mass is 79.9. The molecular weight excluding hydrogens is 394 g/mol. The lowest BCUT2D eigenvalue weighted by atomic mass is 10.3. The van der Waals surface area contributed by atoms with Gasteiger partial charge < -0.3 is 14.9 Å². The lowest BCUT2D eigenvalue weighted by molar-refractivity contribution is -0.705. The highest BCUT2D eigenvalue weighted by molar-refractivity contribution is 9.10. The van der Waals surface area contributed by atoms with Crippen LogP contribution in [0, 0.1) is 0 Å². The second kappa shape index (κ2) is 7.50. The fourth-order valence-electron chi connectivity index (χ4n) is 1.98. The first-order chi connectivity index (χ1) is 11.6. The number of carbonyl (C=O) groups is 1. The van der Waals surface area contributed by atoms with Crippen LogP contribution in [0.5, 0.6) is 5.95 Å². The largest absolute Gasteiger partial charge is 0.538 e. The molecule has 1 N–H and O–H groups in total. The molecule has 24 heavy (non-hydrogen) atoms. The van der Waals surface area contributed by atoms with Crippen molar-refractivity contribution in [3.8, 4) is 11.6 Å². The Bertz CT molecular complexity index is 855. The van der Waals surface area contributed by atoms with E-state index in [9.17, 15) is 9.90 Å². The van der Waals surface area contributed by atoms with Crippen LogP contribution in [0.1, 0.15) is 0 Å². The van der Waals surface area contributed by atoms with Crippen molar-refractivity contribution in [2.75, 3.05) is 11.1 Å². The number of rotatable bonds is 5. The van der Waals surface area contributed by atoms with E-state index in [4.69, 9.17) is 4.52 Å². The minimum absolute atomic E-state index is 0.0601. The molecule has 0 aliphatic heterocycles.